The fourth-order valence-electron chi connectivity index (χ4n) is 2.10. The predicted molar refractivity (Wildman–Crippen MR) is 103 cm³/mol. The molecule has 0 saturated carbocycles. The van der Waals surface area contributed by atoms with Crippen molar-refractivity contribution in [3.8, 4) is 0 Å². The molecule has 2 rings (SSSR count). The van der Waals surface area contributed by atoms with E-state index in [1.165, 1.54) is 18.2 Å². The van der Waals surface area contributed by atoms with Crippen LogP contribution < -0.4 is 9.73 Å². The molecule has 1 N–H and O–H groups in total. The molecule has 0 spiro atoms. The van der Waals surface area contributed by atoms with E-state index in [9.17, 15) is 17.6 Å². The van der Waals surface area contributed by atoms with Crippen molar-refractivity contribution in [3.63, 3.8) is 0 Å². The van der Waals surface area contributed by atoms with Gasteiger partial charge in [0.15, 0.2) is 0 Å². The molecule has 9 heteroatoms. The number of anilines is 1. The standard InChI is InChI=1S/C17H17BrFN3O3S/c1-12(13-7-9-14(18)10-8-13)20-21-17(23)11-22(26(2,24)25)16-6-4-3-5-15(16)19/h3-10H,11H2,1-2H3,(H,21,23)/b20-12-. The number of hydrogen-bond acceptors (Lipinski definition) is 4. The molecule has 26 heavy (non-hydrogen) atoms. The predicted octanol–water partition coefficient (Wildman–Crippen LogP) is 2.89. The average molecular weight is 442 g/mol. The highest BCUT2D eigenvalue weighted by Crippen LogP contribution is 2.20. The number of nitrogens with zero attached hydrogens (tertiary/aromatic N) is 2. The number of hydrogen-bond donors (Lipinski definition) is 1. The van der Waals surface area contributed by atoms with Crippen LogP contribution in [0, 0.1) is 5.82 Å². The summed E-state index contributed by atoms with van der Waals surface area (Å²) in [6.07, 6.45) is 0.906. The number of carbonyl (C=O) groups excluding carboxylic acids is 1. The lowest BCUT2D eigenvalue weighted by Crippen LogP contribution is -2.39. The smallest absolute Gasteiger partial charge is 0.260 e. The van der Waals surface area contributed by atoms with Crippen molar-refractivity contribution in [2.45, 2.75) is 6.92 Å². The summed E-state index contributed by atoms with van der Waals surface area (Å²) < 4.78 is 39.4. The molecule has 0 heterocycles. The Morgan fingerprint density at radius 3 is 2.38 bits per heavy atom. The van der Waals surface area contributed by atoms with Gasteiger partial charge in [-0.3, -0.25) is 9.10 Å². The number of sulfonamides is 1. The zero-order valence-electron chi connectivity index (χ0n) is 14.1. The van der Waals surface area contributed by atoms with Gasteiger partial charge in [0.05, 0.1) is 17.7 Å². The monoisotopic (exact) mass is 441 g/mol. The molecule has 6 nitrogen and oxygen atoms in total. The summed E-state index contributed by atoms with van der Waals surface area (Å²) in [7, 11) is -3.85. The van der Waals surface area contributed by atoms with Gasteiger partial charge in [-0.25, -0.2) is 18.2 Å². The normalized spacial score (nSPS) is 11.9. The van der Waals surface area contributed by atoms with Crippen molar-refractivity contribution in [3.05, 3.63) is 64.4 Å². The number of rotatable bonds is 6. The van der Waals surface area contributed by atoms with Crippen LogP contribution in [0.1, 0.15) is 12.5 Å². The summed E-state index contributed by atoms with van der Waals surface area (Å²) in [5, 5.41) is 3.96. The summed E-state index contributed by atoms with van der Waals surface area (Å²) in [6.45, 7) is 1.12. The van der Waals surface area contributed by atoms with E-state index in [-0.39, 0.29) is 5.69 Å². The number of benzene rings is 2. The van der Waals surface area contributed by atoms with Gasteiger partial charge >= 0.3 is 0 Å². The van der Waals surface area contributed by atoms with E-state index in [1.807, 2.05) is 24.3 Å². The van der Waals surface area contributed by atoms with E-state index in [0.717, 1.165) is 22.4 Å². The molecule has 1 amide bonds. The second kappa shape index (κ2) is 8.41. The van der Waals surface area contributed by atoms with E-state index in [2.05, 4.69) is 26.5 Å². The highest BCUT2D eigenvalue weighted by Gasteiger charge is 2.23. The van der Waals surface area contributed by atoms with Crippen LogP contribution in [0.2, 0.25) is 0 Å². The Morgan fingerprint density at radius 2 is 1.81 bits per heavy atom. The van der Waals surface area contributed by atoms with Crippen molar-refractivity contribution in [2.24, 2.45) is 5.10 Å². The maximum atomic E-state index is 13.9. The maximum absolute atomic E-state index is 13.9. The van der Waals surface area contributed by atoms with Crippen molar-refractivity contribution < 1.29 is 17.6 Å². The third-order valence-electron chi connectivity index (χ3n) is 3.42. The van der Waals surface area contributed by atoms with Crippen LogP contribution in [-0.2, 0) is 14.8 Å². The molecule has 0 atom stereocenters. The molecule has 0 aliphatic rings. The lowest BCUT2D eigenvalue weighted by atomic mass is 10.1. The van der Waals surface area contributed by atoms with Gasteiger partial charge in [-0.05, 0) is 36.8 Å². The van der Waals surface area contributed by atoms with Gasteiger partial charge in [0, 0.05) is 4.47 Å². The van der Waals surface area contributed by atoms with Gasteiger partial charge in [-0.1, -0.05) is 40.2 Å². The number of hydrazone groups is 1. The second-order valence-corrected chi connectivity index (χ2v) is 8.28. The number of halogens is 2. The van der Waals surface area contributed by atoms with E-state index in [1.54, 1.807) is 6.92 Å². The fourth-order valence-corrected chi connectivity index (χ4v) is 3.22. The molecule has 0 unspecified atom stereocenters. The molecule has 138 valence electrons. The van der Waals surface area contributed by atoms with Crippen LogP contribution in [0.3, 0.4) is 0 Å². The minimum absolute atomic E-state index is 0.196. The van der Waals surface area contributed by atoms with E-state index in [4.69, 9.17) is 0 Å². The van der Waals surface area contributed by atoms with Crippen LogP contribution in [0.4, 0.5) is 10.1 Å². The number of para-hydroxylation sites is 1. The molecule has 0 aliphatic carbocycles. The third-order valence-corrected chi connectivity index (χ3v) is 5.07. The quantitative estimate of drug-likeness (QED) is 0.552. The SMILES string of the molecule is C/C(=N/NC(=O)CN(c1ccccc1F)S(C)(=O)=O)c1ccc(Br)cc1. The van der Waals surface area contributed by atoms with Gasteiger partial charge in [0.1, 0.15) is 12.4 Å². The zero-order valence-corrected chi connectivity index (χ0v) is 16.5. The molecule has 0 fully saturated rings. The van der Waals surface area contributed by atoms with Crippen molar-refractivity contribution in [1.82, 2.24) is 5.43 Å². The number of nitrogens with one attached hydrogen (secondary N) is 1. The molecule has 0 bridgehead atoms. The molecule has 0 saturated heterocycles. The highest BCUT2D eigenvalue weighted by atomic mass is 79.9. The molecular formula is C17H17BrFN3O3S. The van der Waals surface area contributed by atoms with Gasteiger partial charge in [0.2, 0.25) is 10.0 Å². The van der Waals surface area contributed by atoms with Crippen molar-refractivity contribution in [1.29, 1.82) is 0 Å². The first-order valence-corrected chi connectivity index (χ1v) is 10.1. The Balaban J connectivity index is 2.14. The molecule has 2 aromatic rings. The topological polar surface area (TPSA) is 78.8 Å². The first-order chi connectivity index (χ1) is 12.2. The molecule has 0 aliphatic heterocycles. The Morgan fingerprint density at radius 1 is 1.19 bits per heavy atom. The minimum atomic E-state index is -3.85. The second-order valence-electron chi connectivity index (χ2n) is 5.46. The molecule has 0 radical (unpaired) electrons. The van der Waals surface area contributed by atoms with Gasteiger partial charge < -0.3 is 0 Å². The van der Waals surface area contributed by atoms with Crippen LogP contribution in [0.15, 0.2) is 58.1 Å². The van der Waals surface area contributed by atoms with E-state index in [0.29, 0.717) is 10.0 Å². The first kappa shape index (κ1) is 20.1. The first-order valence-electron chi connectivity index (χ1n) is 7.50. The zero-order chi connectivity index (χ0) is 19.3. The summed E-state index contributed by atoms with van der Waals surface area (Å²) in [4.78, 5) is 12.1. The van der Waals surface area contributed by atoms with Gasteiger partial charge in [0.25, 0.3) is 5.91 Å². The maximum Gasteiger partial charge on any atom is 0.260 e. The summed E-state index contributed by atoms with van der Waals surface area (Å²) in [5.41, 5.74) is 3.44. The van der Waals surface area contributed by atoms with E-state index >= 15 is 0 Å². The molecule has 0 aromatic heterocycles. The van der Waals surface area contributed by atoms with Crippen molar-refractivity contribution in [2.75, 3.05) is 17.1 Å². The van der Waals surface area contributed by atoms with E-state index < -0.39 is 28.3 Å². The van der Waals surface area contributed by atoms with Crippen LogP contribution in [0.25, 0.3) is 0 Å². The lowest BCUT2D eigenvalue weighted by molar-refractivity contribution is -0.119. The van der Waals surface area contributed by atoms with Gasteiger partial charge in [-0.2, -0.15) is 5.10 Å². The Hall–Kier alpha value is -2.26. The number of carbonyl (C=O) groups is 1. The Bertz CT molecular complexity index is 931. The highest BCUT2D eigenvalue weighted by molar-refractivity contribution is 9.10. The third kappa shape index (κ3) is 5.37. The van der Waals surface area contributed by atoms with Crippen LogP contribution in [0.5, 0.6) is 0 Å². The fraction of sp³-hybridized carbons (Fsp3) is 0.176. The summed E-state index contributed by atoms with van der Waals surface area (Å²) in [6, 6.07) is 12.6. The summed E-state index contributed by atoms with van der Waals surface area (Å²) in [5.74, 6) is -1.42. The Labute approximate surface area is 159 Å². The molecule has 2 aromatic carbocycles. The van der Waals surface area contributed by atoms with Crippen LogP contribution in [-0.4, -0.2) is 32.8 Å². The van der Waals surface area contributed by atoms with Gasteiger partial charge in [-0.15, -0.1) is 0 Å². The average Bonchev–Trinajstić information content (AvgIpc) is 2.58. The van der Waals surface area contributed by atoms with Crippen LogP contribution >= 0.6 is 15.9 Å². The largest absolute Gasteiger partial charge is 0.271 e. The van der Waals surface area contributed by atoms with Crippen molar-refractivity contribution >= 4 is 43.3 Å². The Kier molecular flexibility index (Phi) is 6.49. The minimum Gasteiger partial charge on any atom is -0.271 e. The summed E-state index contributed by atoms with van der Waals surface area (Å²) >= 11 is 3.33. The number of amides is 1. The lowest BCUT2D eigenvalue weighted by Gasteiger charge is -2.21. The molecular weight excluding hydrogens is 425 g/mol.